The van der Waals surface area contributed by atoms with Gasteiger partial charge >= 0.3 is 11.9 Å². The van der Waals surface area contributed by atoms with Crippen molar-refractivity contribution in [2.45, 2.75) is 78.2 Å². The van der Waals surface area contributed by atoms with Gasteiger partial charge in [0.15, 0.2) is 5.41 Å². The molecule has 3 atom stereocenters. The first-order valence-electron chi connectivity index (χ1n) is 10.4. The Balaban J connectivity index is 1.77. The van der Waals surface area contributed by atoms with E-state index in [1.54, 1.807) is 19.9 Å². The Morgan fingerprint density at radius 3 is 2.34 bits per heavy atom. The van der Waals surface area contributed by atoms with E-state index in [0.29, 0.717) is 11.3 Å². The first-order chi connectivity index (χ1) is 13.4. The zero-order valence-electron chi connectivity index (χ0n) is 17.7. The largest absolute Gasteiger partial charge is 0.422 e. The molecule has 0 aromatic heterocycles. The van der Waals surface area contributed by atoms with E-state index < -0.39 is 29.2 Å². The van der Waals surface area contributed by atoms with E-state index in [1.165, 1.54) is 6.07 Å². The number of fused-ring (bicyclic) bond motifs is 8. The Bertz CT molecular complexity index is 919. The van der Waals surface area contributed by atoms with E-state index in [9.17, 15) is 9.59 Å². The summed E-state index contributed by atoms with van der Waals surface area (Å²) >= 11 is 0. The molecule has 5 nitrogen and oxygen atoms in total. The highest BCUT2D eigenvalue weighted by Crippen LogP contribution is 2.64. The number of anilines is 1. The van der Waals surface area contributed by atoms with Crippen molar-refractivity contribution in [3.63, 3.8) is 0 Å². The average Bonchev–Trinajstić information content (AvgIpc) is 2.78. The quantitative estimate of drug-likeness (QED) is 0.486. The van der Waals surface area contributed by atoms with Crippen LogP contribution in [0.4, 0.5) is 10.1 Å². The first kappa shape index (κ1) is 18.9. The van der Waals surface area contributed by atoms with Crippen LogP contribution in [0.1, 0.15) is 59.4 Å². The molecule has 0 amide bonds. The van der Waals surface area contributed by atoms with E-state index >= 15 is 4.39 Å². The van der Waals surface area contributed by atoms with Crippen molar-refractivity contribution >= 4 is 17.6 Å². The predicted octanol–water partition coefficient (Wildman–Crippen LogP) is 3.98. The van der Waals surface area contributed by atoms with Crippen molar-refractivity contribution in [2.75, 3.05) is 4.90 Å². The van der Waals surface area contributed by atoms with Crippen LogP contribution in [0.3, 0.4) is 0 Å². The number of esters is 2. The number of hydrogen-bond acceptors (Lipinski definition) is 5. The third kappa shape index (κ3) is 2.37. The number of carbonyl (C=O) groups is 2. The number of hydrogen-bond donors (Lipinski definition) is 0. The van der Waals surface area contributed by atoms with Crippen LogP contribution in [0.15, 0.2) is 18.2 Å². The van der Waals surface area contributed by atoms with Crippen LogP contribution in [0.25, 0.3) is 0 Å². The normalized spacial score (nSPS) is 35.6. The molecule has 3 heterocycles. The Morgan fingerprint density at radius 1 is 1.03 bits per heavy atom. The molecular formula is C23H28FNO4. The maximum atomic E-state index is 15.1. The van der Waals surface area contributed by atoms with Gasteiger partial charge in [-0.3, -0.25) is 9.59 Å². The standard InChI is InChI=1S/C23H28FNO4/c1-20(2)10-14-11-22(5,12-20)17-23(18(26)28-21(3,4)29-19(23)27)9-13-7-6-8-15(24)16(13)25(14)17/h6-8,14,17H,9-12H2,1-5H3/t14-,17+,22+/m1/s1. The molecule has 0 radical (unpaired) electrons. The molecule has 5 rings (SSSR count). The van der Waals surface area contributed by atoms with Crippen molar-refractivity contribution in [2.24, 2.45) is 16.2 Å². The van der Waals surface area contributed by atoms with Crippen molar-refractivity contribution in [3.05, 3.63) is 29.6 Å². The fourth-order valence-corrected chi connectivity index (χ4v) is 7.07. The highest BCUT2D eigenvalue weighted by Gasteiger charge is 2.72. The lowest BCUT2D eigenvalue weighted by Gasteiger charge is -2.53. The number of benzene rings is 1. The number of ether oxygens (including phenoxy) is 2. The zero-order valence-corrected chi connectivity index (χ0v) is 17.7. The molecule has 2 bridgehead atoms. The molecule has 4 aliphatic rings. The van der Waals surface area contributed by atoms with Crippen LogP contribution >= 0.6 is 0 Å². The molecule has 0 unspecified atom stereocenters. The van der Waals surface area contributed by atoms with Crippen LogP contribution < -0.4 is 4.90 Å². The van der Waals surface area contributed by atoms with E-state index in [0.717, 1.165) is 19.3 Å². The molecule has 0 N–H and O–H groups in total. The Kier molecular flexibility index (Phi) is 3.47. The van der Waals surface area contributed by atoms with Crippen molar-refractivity contribution in [1.82, 2.24) is 0 Å². The average molecular weight is 401 g/mol. The summed E-state index contributed by atoms with van der Waals surface area (Å²) in [6.07, 6.45) is 2.67. The van der Waals surface area contributed by atoms with Crippen LogP contribution in [-0.4, -0.2) is 29.8 Å². The second-order valence-corrected chi connectivity index (χ2v) is 10.9. The Labute approximate surface area is 170 Å². The Morgan fingerprint density at radius 2 is 1.69 bits per heavy atom. The summed E-state index contributed by atoms with van der Waals surface area (Å²) in [4.78, 5) is 29.0. The molecule has 3 fully saturated rings. The van der Waals surface area contributed by atoms with E-state index in [4.69, 9.17) is 9.47 Å². The minimum Gasteiger partial charge on any atom is -0.422 e. The third-order valence-electron chi connectivity index (χ3n) is 7.37. The van der Waals surface area contributed by atoms with Gasteiger partial charge in [-0.05, 0) is 41.7 Å². The number of cyclic esters (lactones) is 2. The van der Waals surface area contributed by atoms with Crippen LogP contribution in [0.2, 0.25) is 0 Å². The predicted molar refractivity (Wildman–Crippen MR) is 105 cm³/mol. The van der Waals surface area contributed by atoms with Gasteiger partial charge in [-0.15, -0.1) is 0 Å². The van der Waals surface area contributed by atoms with Gasteiger partial charge in [0.05, 0.1) is 11.7 Å². The highest BCUT2D eigenvalue weighted by atomic mass is 19.1. The van der Waals surface area contributed by atoms with Gasteiger partial charge in [-0.25, -0.2) is 4.39 Å². The number of halogens is 1. The molecular weight excluding hydrogens is 373 g/mol. The highest BCUT2D eigenvalue weighted by molar-refractivity contribution is 6.04. The van der Waals surface area contributed by atoms with Crippen LogP contribution in [0.5, 0.6) is 0 Å². The summed E-state index contributed by atoms with van der Waals surface area (Å²) in [7, 11) is 0. The smallest absolute Gasteiger partial charge is 0.329 e. The fraction of sp³-hybridized carbons (Fsp3) is 0.652. The summed E-state index contributed by atoms with van der Waals surface area (Å²) in [5.74, 6) is -2.68. The van der Waals surface area contributed by atoms with Gasteiger partial charge in [0.1, 0.15) is 5.82 Å². The minimum atomic E-state index is -1.47. The topological polar surface area (TPSA) is 55.8 Å². The minimum absolute atomic E-state index is 0.0311. The van der Waals surface area contributed by atoms with Gasteiger partial charge in [0, 0.05) is 26.3 Å². The van der Waals surface area contributed by atoms with Crippen molar-refractivity contribution < 1.29 is 23.5 Å². The van der Waals surface area contributed by atoms with Crippen molar-refractivity contribution in [3.8, 4) is 0 Å². The summed E-state index contributed by atoms with van der Waals surface area (Å²) < 4.78 is 26.4. The Hall–Kier alpha value is -2.11. The van der Waals surface area contributed by atoms with Crippen molar-refractivity contribution in [1.29, 1.82) is 0 Å². The molecule has 6 heteroatoms. The fourth-order valence-electron chi connectivity index (χ4n) is 7.07. The number of nitrogens with zero attached hydrogens (tertiary/aromatic N) is 1. The molecule has 156 valence electrons. The molecule has 2 saturated heterocycles. The molecule has 1 aromatic rings. The maximum Gasteiger partial charge on any atom is 0.329 e. The lowest BCUT2D eigenvalue weighted by Crippen LogP contribution is -2.67. The SMILES string of the molecule is CC1(C)C[C@@H]2C[C@@](C)(C1)[C@@H]1N2c2c(F)cccc2CC12C(=O)OC(C)(C)OC2=O. The van der Waals surface area contributed by atoms with E-state index in [-0.39, 0.29) is 29.1 Å². The third-order valence-corrected chi connectivity index (χ3v) is 7.37. The molecule has 1 aromatic carbocycles. The van der Waals surface area contributed by atoms with Gasteiger partial charge in [-0.2, -0.15) is 0 Å². The molecule has 1 spiro atoms. The lowest BCUT2D eigenvalue weighted by atomic mass is 9.57. The van der Waals surface area contributed by atoms with Gasteiger partial charge in [0.25, 0.3) is 5.79 Å². The van der Waals surface area contributed by atoms with Crippen LogP contribution in [0, 0.1) is 22.1 Å². The number of rotatable bonds is 0. The van der Waals surface area contributed by atoms with Gasteiger partial charge in [0.2, 0.25) is 0 Å². The van der Waals surface area contributed by atoms with E-state index in [1.807, 2.05) is 11.0 Å². The molecule has 1 aliphatic carbocycles. The van der Waals surface area contributed by atoms with E-state index in [2.05, 4.69) is 20.8 Å². The zero-order chi connectivity index (χ0) is 21.0. The molecule has 29 heavy (non-hydrogen) atoms. The second kappa shape index (κ2) is 5.32. The second-order valence-electron chi connectivity index (χ2n) is 10.9. The maximum absolute atomic E-state index is 15.1. The summed E-state index contributed by atoms with van der Waals surface area (Å²) in [6.45, 7) is 9.71. The lowest BCUT2D eigenvalue weighted by molar-refractivity contribution is -0.255. The summed E-state index contributed by atoms with van der Waals surface area (Å²) in [6, 6.07) is 4.50. The summed E-state index contributed by atoms with van der Waals surface area (Å²) in [5.41, 5.74) is -0.556. The monoisotopic (exact) mass is 401 g/mol. The molecule has 3 aliphatic heterocycles. The van der Waals surface area contributed by atoms with Gasteiger partial charge in [-0.1, -0.05) is 32.9 Å². The number of carbonyl (C=O) groups excluding carboxylic acids is 2. The van der Waals surface area contributed by atoms with Crippen LogP contribution in [-0.2, 0) is 25.5 Å². The number of para-hydroxylation sites is 1. The van der Waals surface area contributed by atoms with Gasteiger partial charge < -0.3 is 14.4 Å². The summed E-state index contributed by atoms with van der Waals surface area (Å²) in [5, 5.41) is 0. The molecule has 1 saturated carbocycles. The first-order valence-corrected chi connectivity index (χ1v) is 10.4.